The molecule has 1 heterocycles. The molecule has 0 bridgehead atoms. The molecule has 1 aliphatic heterocycles. The summed E-state index contributed by atoms with van der Waals surface area (Å²) in [6.45, 7) is 1.63. The van der Waals surface area contributed by atoms with Gasteiger partial charge in [-0.15, -0.1) is 0 Å². The van der Waals surface area contributed by atoms with Gasteiger partial charge >= 0.3 is 0 Å². The summed E-state index contributed by atoms with van der Waals surface area (Å²) in [4.78, 5) is 2.32. The van der Waals surface area contributed by atoms with Gasteiger partial charge in [-0.1, -0.05) is 0 Å². The summed E-state index contributed by atoms with van der Waals surface area (Å²) in [6.07, 6.45) is 4.76. The van der Waals surface area contributed by atoms with Gasteiger partial charge in [0, 0.05) is 25.2 Å². The maximum atomic E-state index is 12.9. The summed E-state index contributed by atoms with van der Waals surface area (Å²) >= 11 is 0. The smallest absolute Gasteiger partial charge is 0.114 e. The molecule has 2 fully saturated rings. The molecule has 0 amide bonds. The first kappa shape index (κ1) is 9.41. The zero-order chi connectivity index (χ0) is 9.26. The summed E-state index contributed by atoms with van der Waals surface area (Å²) in [5.74, 6) is 0. The predicted octanol–water partition coefficient (Wildman–Crippen LogP) is 1.30. The van der Waals surface area contributed by atoms with E-state index in [0.29, 0.717) is 18.6 Å². The highest BCUT2D eigenvalue weighted by atomic mass is 19.1. The molecule has 0 unspecified atom stereocenters. The number of nitrogens with two attached hydrogens (primary N) is 1. The van der Waals surface area contributed by atoms with Gasteiger partial charge in [0.1, 0.15) is 6.17 Å². The van der Waals surface area contributed by atoms with Gasteiger partial charge in [0.2, 0.25) is 0 Å². The van der Waals surface area contributed by atoms with Crippen LogP contribution in [-0.2, 0) is 0 Å². The first-order chi connectivity index (χ1) is 6.25. The average Bonchev–Trinajstić information content (AvgIpc) is 2.53. The maximum absolute atomic E-state index is 12.9. The highest BCUT2D eigenvalue weighted by molar-refractivity contribution is 4.85. The normalized spacial score (nSPS) is 42.5. The fraction of sp³-hybridized carbons (Fsp3) is 1.00. The average molecular weight is 186 g/mol. The third kappa shape index (κ3) is 2.20. The van der Waals surface area contributed by atoms with E-state index in [2.05, 4.69) is 4.90 Å². The molecule has 1 aliphatic carbocycles. The third-order valence-corrected chi connectivity index (χ3v) is 3.42. The molecule has 76 valence electrons. The predicted molar refractivity (Wildman–Crippen MR) is 51.3 cm³/mol. The molecule has 2 aliphatic rings. The number of hydrogen-bond donors (Lipinski definition) is 1. The van der Waals surface area contributed by atoms with Crippen molar-refractivity contribution in [2.24, 2.45) is 5.73 Å². The van der Waals surface area contributed by atoms with Crippen LogP contribution in [0.5, 0.6) is 0 Å². The van der Waals surface area contributed by atoms with Crippen LogP contribution in [0.1, 0.15) is 32.1 Å². The van der Waals surface area contributed by atoms with Gasteiger partial charge in [0.15, 0.2) is 0 Å². The monoisotopic (exact) mass is 186 g/mol. The van der Waals surface area contributed by atoms with E-state index in [1.54, 1.807) is 0 Å². The molecular formula is C10H19FN2. The Hall–Kier alpha value is -0.150. The maximum Gasteiger partial charge on any atom is 0.114 e. The fourth-order valence-corrected chi connectivity index (χ4v) is 2.54. The van der Waals surface area contributed by atoms with Crippen molar-refractivity contribution in [2.45, 2.75) is 50.4 Å². The molecule has 13 heavy (non-hydrogen) atoms. The van der Waals surface area contributed by atoms with Gasteiger partial charge in [-0.05, 0) is 32.1 Å². The second-order valence-electron chi connectivity index (χ2n) is 4.45. The molecule has 0 aromatic rings. The van der Waals surface area contributed by atoms with E-state index in [-0.39, 0.29) is 0 Å². The topological polar surface area (TPSA) is 29.3 Å². The van der Waals surface area contributed by atoms with Crippen LogP contribution < -0.4 is 5.73 Å². The lowest BCUT2D eigenvalue weighted by Gasteiger charge is -2.33. The summed E-state index contributed by atoms with van der Waals surface area (Å²) in [7, 11) is 0. The molecule has 3 heteroatoms. The minimum absolute atomic E-state index is 0.403. The molecule has 0 aromatic heterocycles. The van der Waals surface area contributed by atoms with E-state index in [1.807, 2.05) is 0 Å². The van der Waals surface area contributed by atoms with Crippen LogP contribution in [-0.4, -0.2) is 36.2 Å². The number of nitrogens with zero attached hydrogens (tertiary/aromatic N) is 1. The van der Waals surface area contributed by atoms with Gasteiger partial charge in [0.05, 0.1) is 0 Å². The fourth-order valence-electron chi connectivity index (χ4n) is 2.54. The van der Waals surface area contributed by atoms with Gasteiger partial charge in [-0.3, -0.25) is 4.90 Å². The Bertz CT molecular complexity index is 166. The van der Waals surface area contributed by atoms with E-state index in [4.69, 9.17) is 5.73 Å². The van der Waals surface area contributed by atoms with Crippen molar-refractivity contribution in [1.82, 2.24) is 4.90 Å². The van der Waals surface area contributed by atoms with Crippen LogP contribution in [0.15, 0.2) is 0 Å². The second-order valence-corrected chi connectivity index (χ2v) is 4.45. The number of likely N-dealkylation sites (tertiary alicyclic amines) is 1. The van der Waals surface area contributed by atoms with Crippen LogP contribution in [0.2, 0.25) is 0 Å². The van der Waals surface area contributed by atoms with E-state index in [0.717, 1.165) is 25.8 Å². The van der Waals surface area contributed by atoms with E-state index >= 15 is 0 Å². The summed E-state index contributed by atoms with van der Waals surface area (Å²) < 4.78 is 12.9. The molecule has 2 rings (SSSR count). The number of alkyl halides is 1. The highest BCUT2D eigenvalue weighted by Crippen LogP contribution is 2.25. The molecule has 1 saturated carbocycles. The van der Waals surface area contributed by atoms with Crippen LogP contribution >= 0.6 is 0 Å². The molecule has 0 spiro atoms. The molecule has 0 aromatic carbocycles. The Morgan fingerprint density at radius 2 is 1.77 bits per heavy atom. The SMILES string of the molecule is NC1CCC(N2CC[C@@H](F)C2)CC1. The molecule has 2 N–H and O–H groups in total. The Morgan fingerprint density at radius 3 is 2.31 bits per heavy atom. The summed E-state index contributed by atoms with van der Waals surface area (Å²) in [5, 5.41) is 0. The van der Waals surface area contributed by atoms with E-state index in [9.17, 15) is 4.39 Å². The van der Waals surface area contributed by atoms with Crippen LogP contribution in [0.3, 0.4) is 0 Å². The van der Waals surface area contributed by atoms with E-state index in [1.165, 1.54) is 12.8 Å². The lowest BCUT2D eigenvalue weighted by molar-refractivity contribution is 0.170. The quantitative estimate of drug-likeness (QED) is 0.669. The van der Waals surface area contributed by atoms with Crippen LogP contribution in [0.25, 0.3) is 0 Å². The van der Waals surface area contributed by atoms with Crippen LogP contribution in [0, 0.1) is 0 Å². The van der Waals surface area contributed by atoms with Crippen molar-refractivity contribution in [2.75, 3.05) is 13.1 Å². The molecular weight excluding hydrogens is 167 g/mol. The standard InChI is InChI=1S/C10H19FN2/c11-8-5-6-13(7-8)10-3-1-9(12)2-4-10/h8-10H,1-7,12H2/t8-,9?,10?/m1/s1. The first-order valence-corrected chi connectivity index (χ1v) is 5.39. The molecule has 0 radical (unpaired) electrons. The van der Waals surface area contributed by atoms with Crippen LogP contribution in [0.4, 0.5) is 4.39 Å². The van der Waals surface area contributed by atoms with Gasteiger partial charge in [-0.2, -0.15) is 0 Å². The summed E-state index contributed by atoms with van der Waals surface area (Å²) in [6, 6.07) is 1.03. The molecule has 2 nitrogen and oxygen atoms in total. The summed E-state index contributed by atoms with van der Waals surface area (Å²) in [5.41, 5.74) is 5.83. The minimum Gasteiger partial charge on any atom is -0.328 e. The minimum atomic E-state index is -0.574. The second kappa shape index (κ2) is 3.93. The van der Waals surface area contributed by atoms with Gasteiger partial charge < -0.3 is 5.73 Å². The number of rotatable bonds is 1. The number of hydrogen-bond acceptors (Lipinski definition) is 2. The molecule has 1 saturated heterocycles. The van der Waals surface area contributed by atoms with Crippen molar-refractivity contribution in [3.05, 3.63) is 0 Å². The molecule has 1 atom stereocenters. The Kier molecular flexibility index (Phi) is 2.84. The zero-order valence-corrected chi connectivity index (χ0v) is 8.08. The Labute approximate surface area is 79.3 Å². The van der Waals surface area contributed by atoms with Gasteiger partial charge in [0.25, 0.3) is 0 Å². The van der Waals surface area contributed by atoms with Crippen molar-refractivity contribution in [3.63, 3.8) is 0 Å². The Morgan fingerprint density at radius 1 is 1.08 bits per heavy atom. The highest BCUT2D eigenvalue weighted by Gasteiger charge is 2.30. The lowest BCUT2D eigenvalue weighted by atomic mass is 9.91. The van der Waals surface area contributed by atoms with Crippen molar-refractivity contribution >= 4 is 0 Å². The van der Waals surface area contributed by atoms with Crippen molar-refractivity contribution < 1.29 is 4.39 Å². The largest absolute Gasteiger partial charge is 0.328 e. The van der Waals surface area contributed by atoms with Crippen molar-refractivity contribution in [1.29, 1.82) is 0 Å². The van der Waals surface area contributed by atoms with Crippen molar-refractivity contribution in [3.8, 4) is 0 Å². The Balaban J connectivity index is 1.81. The first-order valence-electron chi connectivity index (χ1n) is 5.39. The van der Waals surface area contributed by atoms with E-state index < -0.39 is 6.17 Å². The van der Waals surface area contributed by atoms with Gasteiger partial charge in [-0.25, -0.2) is 4.39 Å². The third-order valence-electron chi connectivity index (χ3n) is 3.42. The number of halogens is 1. The lowest BCUT2D eigenvalue weighted by Crippen LogP contribution is -2.39. The zero-order valence-electron chi connectivity index (χ0n) is 8.08.